The number of pyridine rings is 1. The minimum absolute atomic E-state index is 0.598. The van der Waals surface area contributed by atoms with Gasteiger partial charge in [-0.3, -0.25) is 4.98 Å². The molecule has 0 fully saturated rings. The Balaban J connectivity index is 2.01. The molecule has 1 heterocycles. The van der Waals surface area contributed by atoms with Crippen molar-refractivity contribution in [1.29, 1.82) is 5.26 Å². The Hall–Kier alpha value is -2.38. The number of nitrogens with one attached hydrogen (secondary N) is 1. The van der Waals surface area contributed by atoms with Crippen LogP contribution in [0.2, 0.25) is 0 Å². The Labute approximate surface area is 125 Å². The maximum absolute atomic E-state index is 9.14. The summed E-state index contributed by atoms with van der Waals surface area (Å²) in [6.07, 6.45) is 1.77. The van der Waals surface area contributed by atoms with Crippen molar-refractivity contribution in [3.63, 3.8) is 0 Å². The number of rotatable bonds is 2. The first-order valence-corrected chi connectivity index (χ1v) is 6.87. The summed E-state index contributed by atoms with van der Waals surface area (Å²) in [5.41, 5.74) is 3.17. The van der Waals surface area contributed by atoms with Crippen molar-refractivity contribution >= 4 is 38.2 Å². The Morgan fingerprint density at radius 1 is 1.10 bits per heavy atom. The number of para-hydroxylation sites is 1. The van der Waals surface area contributed by atoms with Gasteiger partial charge in [0.1, 0.15) is 6.07 Å². The highest BCUT2D eigenvalue weighted by molar-refractivity contribution is 9.10. The average molecular weight is 324 g/mol. The second-order valence-corrected chi connectivity index (χ2v) is 5.26. The summed E-state index contributed by atoms with van der Waals surface area (Å²) < 4.78 is 0.924. The van der Waals surface area contributed by atoms with E-state index in [1.54, 1.807) is 12.3 Å². The van der Waals surface area contributed by atoms with Crippen molar-refractivity contribution in [3.05, 3.63) is 64.8 Å². The maximum Gasteiger partial charge on any atom is 0.101 e. The van der Waals surface area contributed by atoms with E-state index in [2.05, 4.69) is 32.3 Å². The smallest absolute Gasteiger partial charge is 0.101 e. The van der Waals surface area contributed by atoms with Crippen molar-refractivity contribution in [3.8, 4) is 6.07 Å². The molecule has 0 radical (unpaired) electrons. The van der Waals surface area contributed by atoms with Crippen LogP contribution in [0, 0.1) is 11.3 Å². The van der Waals surface area contributed by atoms with Gasteiger partial charge in [0.25, 0.3) is 0 Å². The van der Waals surface area contributed by atoms with Gasteiger partial charge < -0.3 is 5.32 Å². The van der Waals surface area contributed by atoms with Gasteiger partial charge in [-0.25, -0.2) is 0 Å². The summed E-state index contributed by atoms with van der Waals surface area (Å²) in [7, 11) is 0. The molecule has 0 aliphatic rings. The largest absolute Gasteiger partial charge is 0.353 e. The van der Waals surface area contributed by atoms with E-state index in [1.165, 1.54) is 0 Å². The third kappa shape index (κ3) is 2.49. The fourth-order valence-corrected chi connectivity index (χ4v) is 2.37. The molecule has 4 heteroatoms. The lowest BCUT2D eigenvalue weighted by Crippen LogP contribution is -1.94. The first kappa shape index (κ1) is 12.6. The molecule has 0 unspecified atom stereocenters. The molecule has 1 aromatic heterocycles. The average Bonchev–Trinajstić information content (AvgIpc) is 2.47. The number of fused-ring (bicyclic) bond motifs is 1. The number of hydrogen-bond donors (Lipinski definition) is 1. The van der Waals surface area contributed by atoms with E-state index < -0.39 is 0 Å². The number of hydrogen-bond acceptors (Lipinski definition) is 3. The maximum atomic E-state index is 9.14. The van der Waals surface area contributed by atoms with Crippen molar-refractivity contribution < 1.29 is 0 Å². The van der Waals surface area contributed by atoms with Gasteiger partial charge in [-0.15, -0.1) is 0 Å². The molecule has 0 aliphatic heterocycles. The monoisotopic (exact) mass is 323 g/mol. The van der Waals surface area contributed by atoms with Crippen LogP contribution in [0.25, 0.3) is 10.9 Å². The zero-order chi connectivity index (χ0) is 13.9. The quantitative estimate of drug-likeness (QED) is 0.749. The van der Waals surface area contributed by atoms with Gasteiger partial charge in [-0.2, -0.15) is 5.26 Å². The molecule has 0 saturated heterocycles. The van der Waals surface area contributed by atoms with E-state index in [0.29, 0.717) is 5.56 Å². The summed E-state index contributed by atoms with van der Waals surface area (Å²) in [5.74, 6) is 0. The van der Waals surface area contributed by atoms with Gasteiger partial charge in [0.05, 0.1) is 28.7 Å². The van der Waals surface area contributed by atoms with Crippen LogP contribution in [-0.4, -0.2) is 4.98 Å². The molecule has 3 aromatic rings. The normalized spacial score (nSPS) is 10.2. The predicted octanol–water partition coefficient (Wildman–Crippen LogP) is 4.61. The van der Waals surface area contributed by atoms with Crippen LogP contribution >= 0.6 is 15.9 Å². The molecule has 0 spiro atoms. The lowest BCUT2D eigenvalue weighted by molar-refractivity contribution is 1.39. The molecule has 2 aromatic carbocycles. The zero-order valence-corrected chi connectivity index (χ0v) is 12.1. The van der Waals surface area contributed by atoms with Gasteiger partial charge in [0, 0.05) is 9.86 Å². The lowest BCUT2D eigenvalue weighted by Gasteiger charge is -2.09. The number of nitriles is 1. The van der Waals surface area contributed by atoms with Crippen LogP contribution in [0.5, 0.6) is 0 Å². The molecule has 0 bridgehead atoms. The third-order valence-corrected chi connectivity index (χ3v) is 3.46. The fourth-order valence-electron chi connectivity index (χ4n) is 2.01. The highest BCUT2D eigenvalue weighted by atomic mass is 79.9. The number of anilines is 2. The molecular formula is C16H10BrN3. The minimum Gasteiger partial charge on any atom is -0.353 e. The minimum atomic E-state index is 0.598. The van der Waals surface area contributed by atoms with Gasteiger partial charge in [-0.1, -0.05) is 34.1 Å². The summed E-state index contributed by atoms with van der Waals surface area (Å²) >= 11 is 3.41. The Kier molecular flexibility index (Phi) is 3.36. The molecule has 1 N–H and O–H groups in total. The number of benzene rings is 2. The van der Waals surface area contributed by atoms with Gasteiger partial charge in [-0.05, 0) is 30.3 Å². The van der Waals surface area contributed by atoms with Crippen molar-refractivity contribution in [2.75, 3.05) is 5.32 Å². The standard InChI is InChI=1S/C16H10BrN3/c17-13-6-5-12(9-18)16(8-13)20-14-7-11-3-1-2-4-15(11)19-10-14/h1-8,10,20H. The van der Waals surface area contributed by atoms with Crippen molar-refractivity contribution in [2.45, 2.75) is 0 Å². The van der Waals surface area contributed by atoms with E-state index in [9.17, 15) is 0 Å². The number of nitrogens with zero attached hydrogens (tertiary/aromatic N) is 2. The molecule has 3 nitrogen and oxygen atoms in total. The van der Waals surface area contributed by atoms with Crippen LogP contribution in [0.15, 0.2) is 59.2 Å². The SMILES string of the molecule is N#Cc1ccc(Br)cc1Nc1cnc2ccccc2c1. The highest BCUT2D eigenvalue weighted by Crippen LogP contribution is 2.25. The summed E-state index contributed by atoms with van der Waals surface area (Å²) in [6, 6.07) is 17.6. The van der Waals surface area contributed by atoms with Crippen LogP contribution < -0.4 is 5.32 Å². The second kappa shape index (κ2) is 5.32. The van der Waals surface area contributed by atoms with Crippen molar-refractivity contribution in [1.82, 2.24) is 4.98 Å². The Morgan fingerprint density at radius 2 is 1.95 bits per heavy atom. The van der Waals surface area contributed by atoms with Crippen molar-refractivity contribution in [2.24, 2.45) is 0 Å². The molecule has 0 aliphatic carbocycles. The lowest BCUT2D eigenvalue weighted by atomic mass is 10.1. The van der Waals surface area contributed by atoms with Crippen LogP contribution in [0.3, 0.4) is 0 Å². The molecule has 0 amide bonds. The van der Waals surface area contributed by atoms with Crippen LogP contribution in [0.1, 0.15) is 5.56 Å². The van der Waals surface area contributed by atoms with E-state index in [0.717, 1.165) is 26.8 Å². The van der Waals surface area contributed by atoms with E-state index in [1.807, 2.05) is 42.5 Å². The van der Waals surface area contributed by atoms with Gasteiger partial charge in [0.2, 0.25) is 0 Å². The topological polar surface area (TPSA) is 48.7 Å². The third-order valence-electron chi connectivity index (χ3n) is 2.97. The molecule has 0 saturated carbocycles. The molecular weight excluding hydrogens is 314 g/mol. The summed E-state index contributed by atoms with van der Waals surface area (Å²) in [5, 5.41) is 13.4. The van der Waals surface area contributed by atoms with Crippen LogP contribution in [0.4, 0.5) is 11.4 Å². The number of halogens is 1. The zero-order valence-electron chi connectivity index (χ0n) is 10.5. The summed E-state index contributed by atoms with van der Waals surface area (Å²) in [6.45, 7) is 0. The molecule has 96 valence electrons. The first-order valence-electron chi connectivity index (χ1n) is 6.08. The molecule has 0 atom stereocenters. The summed E-state index contributed by atoms with van der Waals surface area (Å²) in [4.78, 5) is 4.40. The highest BCUT2D eigenvalue weighted by Gasteiger charge is 2.04. The van der Waals surface area contributed by atoms with E-state index in [4.69, 9.17) is 5.26 Å². The fraction of sp³-hybridized carbons (Fsp3) is 0. The van der Waals surface area contributed by atoms with E-state index in [-0.39, 0.29) is 0 Å². The van der Waals surface area contributed by atoms with E-state index >= 15 is 0 Å². The molecule has 3 rings (SSSR count). The Bertz CT molecular complexity index is 821. The van der Waals surface area contributed by atoms with Crippen LogP contribution in [-0.2, 0) is 0 Å². The second-order valence-electron chi connectivity index (χ2n) is 4.34. The number of aromatic nitrogens is 1. The predicted molar refractivity (Wildman–Crippen MR) is 83.9 cm³/mol. The van der Waals surface area contributed by atoms with Gasteiger partial charge in [0.15, 0.2) is 0 Å². The first-order chi connectivity index (χ1) is 9.76. The Morgan fingerprint density at radius 3 is 2.80 bits per heavy atom. The van der Waals surface area contributed by atoms with Gasteiger partial charge >= 0.3 is 0 Å². The molecule has 20 heavy (non-hydrogen) atoms.